The summed E-state index contributed by atoms with van der Waals surface area (Å²) in [6, 6.07) is 8.45. The van der Waals surface area contributed by atoms with Gasteiger partial charge in [-0.3, -0.25) is 0 Å². The highest BCUT2D eigenvalue weighted by atomic mass is 32.2. The highest BCUT2D eigenvalue weighted by molar-refractivity contribution is 7.89. The largest absolute Gasteiger partial charge is 0.322 e. The number of benzene rings is 1. The van der Waals surface area contributed by atoms with E-state index in [1.54, 1.807) is 30.0 Å². The van der Waals surface area contributed by atoms with Gasteiger partial charge in [0.05, 0.1) is 16.9 Å². The first-order valence-corrected chi connectivity index (χ1v) is 10.9. The third-order valence-electron chi connectivity index (χ3n) is 4.98. The Bertz CT molecular complexity index is 824. The van der Waals surface area contributed by atoms with Gasteiger partial charge in [0.15, 0.2) is 0 Å². The topological polar surface area (TPSA) is 93.5 Å². The van der Waals surface area contributed by atoms with Crippen molar-refractivity contribution in [2.24, 2.45) is 5.92 Å². The van der Waals surface area contributed by atoms with Crippen molar-refractivity contribution in [1.29, 1.82) is 5.26 Å². The number of urea groups is 1. The number of sulfonamides is 1. The molecule has 2 fully saturated rings. The molecular weight excluding hydrogens is 364 g/mol. The van der Waals surface area contributed by atoms with Gasteiger partial charge in [0, 0.05) is 31.4 Å². The maximum atomic E-state index is 12.8. The van der Waals surface area contributed by atoms with Crippen LogP contribution in [-0.2, 0) is 10.0 Å². The molecule has 2 amide bonds. The number of hydrogen-bond acceptors (Lipinski definition) is 4. The fraction of sp³-hybridized carbons (Fsp3) is 0.579. The molecule has 0 spiro atoms. The van der Waals surface area contributed by atoms with E-state index in [1.807, 2.05) is 0 Å². The highest BCUT2D eigenvalue weighted by Crippen LogP contribution is 2.29. The minimum Gasteiger partial charge on any atom is -0.320 e. The summed E-state index contributed by atoms with van der Waals surface area (Å²) in [4.78, 5) is 14.5. The summed E-state index contributed by atoms with van der Waals surface area (Å²) in [6.07, 6.45) is 4.69. The summed E-state index contributed by atoms with van der Waals surface area (Å²) in [5, 5.41) is 11.8. The Balaban J connectivity index is 1.73. The minimum atomic E-state index is -3.54. The Labute approximate surface area is 161 Å². The van der Waals surface area contributed by atoms with Crippen molar-refractivity contribution in [3.8, 4) is 6.07 Å². The Morgan fingerprint density at radius 3 is 2.67 bits per heavy atom. The summed E-state index contributed by atoms with van der Waals surface area (Å²) in [7, 11) is -3.54. The number of piperidine rings is 1. The molecule has 0 bridgehead atoms. The zero-order chi connectivity index (χ0) is 19.4. The quantitative estimate of drug-likeness (QED) is 0.808. The van der Waals surface area contributed by atoms with Gasteiger partial charge < -0.3 is 10.2 Å². The number of anilines is 1. The van der Waals surface area contributed by atoms with Crippen LogP contribution in [0.25, 0.3) is 0 Å². The Kier molecular flexibility index (Phi) is 6.02. The number of nitrogens with zero attached hydrogens (tertiary/aromatic N) is 3. The maximum absolute atomic E-state index is 12.8. The molecule has 0 radical (unpaired) electrons. The van der Waals surface area contributed by atoms with Gasteiger partial charge in [-0.15, -0.1) is 0 Å². The zero-order valence-electron chi connectivity index (χ0n) is 15.6. The zero-order valence-corrected chi connectivity index (χ0v) is 16.4. The molecule has 1 N–H and O–H groups in total. The van der Waals surface area contributed by atoms with Gasteiger partial charge >= 0.3 is 6.03 Å². The van der Waals surface area contributed by atoms with Gasteiger partial charge in [0.1, 0.15) is 0 Å². The van der Waals surface area contributed by atoms with Crippen molar-refractivity contribution in [2.45, 2.75) is 50.0 Å². The van der Waals surface area contributed by atoms with E-state index in [-0.39, 0.29) is 22.9 Å². The number of hydrogen-bond donors (Lipinski definition) is 1. The Morgan fingerprint density at radius 2 is 2.04 bits per heavy atom. The fourth-order valence-corrected chi connectivity index (χ4v) is 4.87. The van der Waals surface area contributed by atoms with Crippen molar-refractivity contribution in [3.05, 3.63) is 24.3 Å². The average Bonchev–Trinajstić information content (AvgIpc) is 3.51. The highest BCUT2D eigenvalue weighted by Gasteiger charge is 2.33. The number of carbonyl (C=O) groups is 1. The number of nitriles is 1. The van der Waals surface area contributed by atoms with Gasteiger partial charge in [-0.05, 0) is 50.8 Å². The van der Waals surface area contributed by atoms with E-state index in [2.05, 4.69) is 11.4 Å². The molecule has 1 saturated heterocycles. The average molecular weight is 391 g/mol. The van der Waals surface area contributed by atoms with E-state index in [9.17, 15) is 13.2 Å². The van der Waals surface area contributed by atoms with Crippen molar-refractivity contribution in [1.82, 2.24) is 9.21 Å². The molecule has 1 atom stereocenters. The molecule has 27 heavy (non-hydrogen) atoms. The van der Waals surface area contributed by atoms with E-state index in [4.69, 9.17) is 5.26 Å². The number of rotatable bonds is 6. The molecule has 1 saturated carbocycles. The second-order valence-corrected chi connectivity index (χ2v) is 9.27. The van der Waals surface area contributed by atoms with E-state index >= 15 is 0 Å². The fourth-order valence-electron chi connectivity index (χ4n) is 3.30. The van der Waals surface area contributed by atoms with Crippen LogP contribution in [0.2, 0.25) is 0 Å². The molecular formula is C19H26N4O3S. The molecule has 8 heteroatoms. The first kappa shape index (κ1) is 19.6. The Morgan fingerprint density at radius 1 is 1.33 bits per heavy atom. The first-order valence-electron chi connectivity index (χ1n) is 9.49. The molecule has 0 aromatic heterocycles. The van der Waals surface area contributed by atoms with Crippen molar-refractivity contribution < 1.29 is 13.2 Å². The molecule has 1 unspecified atom stereocenters. The lowest BCUT2D eigenvalue weighted by atomic mass is 10.2. The number of nitrogens with one attached hydrogen (secondary N) is 1. The Hall–Kier alpha value is -2.11. The third-order valence-corrected chi connectivity index (χ3v) is 6.87. The van der Waals surface area contributed by atoms with Crippen LogP contribution in [0.3, 0.4) is 0 Å². The van der Waals surface area contributed by atoms with Crippen molar-refractivity contribution >= 4 is 21.7 Å². The van der Waals surface area contributed by atoms with Crippen LogP contribution < -0.4 is 5.32 Å². The van der Waals surface area contributed by atoms with E-state index in [1.165, 1.54) is 10.4 Å². The first-order chi connectivity index (χ1) is 12.9. The second kappa shape index (κ2) is 8.28. The molecule has 1 aliphatic heterocycles. The normalized spacial score (nSPS) is 19.1. The van der Waals surface area contributed by atoms with Gasteiger partial charge in [-0.1, -0.05) is 12.5 Å². The van der Waals surface area contributed by atoms with Gasteiger partial charge in [0.2, 0.25) is 10.0 Å². The van der Waals surface area contributed by atoms with E-state index in [0.717, 1.165) is 32.1 Å². The predicted octanol–water partition coefficient (Wildman–Crippen LogP) is 3.02. The summed E-state index contributed by atoms with van der Waals surface area (Å²) in [5.74, 6) is -0.248. The molecule has 2 aliphatic rings. The van der Waals surface area contributed by atoms with Crippen LogP contribution in [0.4, 0.5) is 10.5 Å². The van der Waals surface area contributed by atoms with Crippen LogP contribution in [0, 0.1) is 17.2 Å². The summed E-state index contributed by atoms with van der Waals surface area (Å²) in [5.41, 5.74) is 0.452. The lowest BCUT2D eigenvalue weighted by Crippen LogP contribution is -2.39. The molecule has 3 rings (SSSR count). The summed E-state index contributed by atoms with van der Waals surface area (Å²) >= 11 is 0. The molecule has 1 heterocycles. The van der Waals surface area contributed by atoms with Crippen LogP contribution in [0.5, 0.6) is 0 Å². The van der Waals surface area contributed by atoms with Crippen molar-refractivity contribution in [3.63, 3.8) is 0 Å². The summed E-state index contributed by atoms with van der Waals surface area (Å²) in [6.45, 7) is 3.24. The molecule has 146 valence electrons. The third kappa shape index (κ3) is 4.79. The minimum absolute atomic E-state index is 0.168. The molecule has 7 nitrogen and oxygen atoms in total. The lowest BCUT2D eigenvalue weighted by Gasteiger charge is -2.26. The van der Waals surface area contributed by atoms with Gasteiger partial charge in [-0.25, -0.2) is 13.2 Å². The SMILES string of the molecule is CC(C#N)CN(C(=O)Nc1cccc(S(=O)(=O)N2CCCCC2)c1)C1CC1. The van der Waals surface area contributed by atoms with Crippen LogP contribution in [0.15, 0.2) is 29.2 Å². The van der Waals surface area contributed by atoms with Crippen LogP contribution in [-0.4, -0.2) is 49.3 Å². The van der Waals surface area contributed by atoms with Crippen LogP contribution in [0.1, 0.15) is 39.0 Å². The summed E-state index contributed by atoms with van der Waals surface area (Å²) < 4.78 is 27.2. The monoisotopic (exact) mass is 390 g/mol. The number of amides is 2. The maximum Gasteiger partial charge on any atom is 0.322 e. The predicted molar refractivity (Wildman–Crippen MR) is 103 cm³/mol. The number of carbonyl (C=O) groups excluding carboxylic acids is 1. The molecule has 1 aliphatic carbocycles. The second-order valence-electron chi connectivity index (χ2n) is 7.34. The van der Waals surface area contributed by atoms with E-state index < -0.39 is 10.0 Å². The smallest absolute Gasteiger partial charge is 0.320 e. The lowest BCUT2D eigenvalue weighted by molar-refractivity contribution is 0.204. The van der Waals surface area contributed by atoms with Gasteiger partial charge in [0.25, 0.3) is 0 Å². The molecule has 1 aromatic rings. The van der Waals surface area contributed by atoms with E-state index in [0.29, 0.717) is 25.3 Å². The van der Waals surface area contributed by atoms with Crippen molar-refractivity contribution in [2.75, 3.05) is 25.0 Å². The van der Waals surface area contributed by atoms with Gasteiger partial charge in [-0.2, -0.15) is 9.57 Å². The molecule has 1 aromatic carbocycles. The van der Waals surface area contributed by atoms with Crippen LogP contribution >= 0.6 is 0 Å². The standard InChI is InChI=1S/C19H26N4O3S/c1-15(13-20)14-23(17-8-9-17)19(24)21-16-6-5-7-18(12-16)27(25,26)22-10-3-2-4-11-22/h5-7,12,15,17H,2-4,8-11,14H2,1H3,(H,21,24).